The number of hydrogen-bond donors (Lipinski definition) is 1. The van der Waals surface area contributed by atoms with E-state index in [1.165, 1.54) is 14.2 Å². The van der Waals surface area contributed by atoms with Gasteiger partial charge in [0.25, 0.3) is 11.8 Å². The average molecular weight is 352 g/mol. The van der Waals surface area contributed by atoms with Crippen LogP contribution < -0.4 is 14.8 Å². The zero-order valence-corrected chi connectivity index (χ0v) is 15.1. The molecule has 6 heteroatoms. The van der Waals surface area contributed by atoms with E-state index in [9.17, 15) is 9.59 Å². The summed E-state index contributed by atoms with van der Waals surface area (Å²) >= 11 is 0. The molecule has 1 heterocycles. The number of benzene rings is 2. The van der Waals surface area contributed by atoms with E-state index < -0.39 is 0 Å². The zero-order chi connectivity index (χ0) is 18.8. The fourth-order valence-corrected chi connectivity index (χ4v) is 2.86. The summed E-state index contributed by atoms with van der Waals surface area (Å²) in [6, 6.07) is 12.7. The van der Waals surface area contributed by atoms with Gasteiger partial charge in [-0.15, -0.1) is 0 Å². The summed E-state index contributed by atoms with van der Waals surface area (Å²) in [4.78, 5) is 26.4. The first kappa shape index (κ1) is 17.5. The predicted molar refractivity (Wildman–Crippen MR) is 99.0 cm³/mol. The van der Waals surface area contributed by atoms with Gasteiger partial charge in [0, 0.05) is 12.7 Å². The van der Waals surface area contributed by atoms with Crippen LogP contribution in [0.4, 0.5) is 5.69 Å². The highest BCUT2D eigenvalue weighted by Gasteiger charge is 2.37. The zero-order valence-electron chi connectivity index (χ0n) is 15.1. The van der Waals surface area contributed by atoms with Gasteiger partial charge in [-0.2, -0.15) is 0 Å². The number of rotatable bonds is 5. The molecule has 2 aromatic carbocycles. The quantitative estimate of drug-likeness (QED) is 0.838. The Bertz CT molecular complexity index is 918. The Hall–Kier alpha value is -3.28. The number of carbonyl (C=O) groups is 2. The highest BCUT2D eigenvalue weighted by atomic mass is 16.5. The second kappa shape index (κ2) is 6.92. The van der Waals surface area contributed by atoms with Gasteiger partial charge in [-0.25, -0.2) is 0 Å². The van der Waals surface area contributed by atoms with Crippen molar-refractivity contribution < 1.29 is 19.1 Å². The topological polar surface area (TPSA) is 67.9 Å². The van der Waals surface area contributed by atoms with Crippen molar-refractivity contribution in [2.45, 2.75) is 6.92 Å². The van der Waals surface area contributed by atoms with E-state index in [0.29, 0.717) is 22.6 Å². The molecule has 0 unspecified atom stereocenters. The molecule has 3 rings (SSSR count). The van der Waals surface area contributed by atoms with Gasteiger partial charge in [-0.05, 0) is 36.2 Å². The fraction of sp³-hybridized carbons (Fsp3) is 0.200. The number of carbonyl (C=O) groups excluding carboxylic acids is 2. The summed E-state index contributed by atoms with van der Waals surface area (Å²) in [7, 11) is 4.54. The van der Waals surface area contributed by atoms with Crippen molar-refractivity contribution in [2.75, 3.05) is 26.6 Å². The van der Waals surface area contributed by atoms with Crippen LogP contribution in [0.1, 0.15) is 11.1 Å². The maximum atomic E-state index is 12.7. The third-order valence-corrected chi connectivity index (χ3v) is 4.36. The molecule has 6 nitrogen and oxygen atoms in total. The molecule has 134 valence electrons. The molecule has 0 aliphatic carbocycles. The third kappa shape index (κ3) is 2.90. The molecule has 0 saturated carbocycles. The number of para-hydroxylation sites is 1. The molecule has 1 N–H and O–H groups in total. The van der Waals surface area contributed by atoms with Crippen LogP contribution >= 0.6 is 0 Å². The normalized spacial score (nSPS) is 14.1. The lowest BCUT2D eigenvalue weighted by Crippen LogP contribution is -2.28. The van der Waals surface area contributed by atoms with Gasteiger partial charge >= 0.3 is 0 Å². The summed E-state index contributed by atoms with van der Waals surface area (Å²) in [6.45, 7) is 1.93. The first-order valence-corrected chi connectivity index (χ1v) is 8.09. The summed E-state index contributed by atoms with van der Waals surface area (Å²) in [5.41, 5.74) is 2.89. The Morgan fingerprint density at radius 3 is 2.27 bits per heavy atom. The molecule has 0 atom stereocenters. The van der Waals surface area contributed by atoms with E-state index in [2.05, 4.69) is 5.32 Å². The average Bonchev–Trinajstić information content (AvgIpc) is 2.87. The van der Waals surface area contributed by atoms with Crippen molar-refractivity contribution >= 4 is 23.1 Å². The van der Waals surface area contributed by atoms with Gasteiger partial charge in [-0.3, -0.25) is 14.5 Å². The van der Waals surface area contributed by atoms with E-state index in [4.69, 9.17) is 9.47 Å². The van der Waals surface area contributed by atoms with Gasteiger partial charge in [0.05, 0.1) is 19.8 Å². The molecule has 1 aliphatic rings. The van der Waals surface area contributed by atoms with Crippen molar-refractivity contribution in [3.8, 4) is 11.5 Å². The number of nitrogens with zero attached hydrogens (tertiary/aromatic N) is 1. The van der Waals surface area contributed by atoms with Crippen molar-refractivity contribution in [1.29, 1.82) is 0 Å². The lowest BCUT2D eigenvalue weighted by Gasteiger charge is -2.12. The summed E-state index contributed by atoms with van der Waals surface area (Å²) in [5.74, 6) is 0.305. The molecule has 0 fully saturated rings. The first-order valence-electron chi connectivity index (χ1n) is 8.09. The number of methoxy groups -OCH3 is 2. The SMILES string of the molecule is COc1ccc(C2=C(Nc3ccccc3C)C(=O)N(C)C2=O)cc1OC. The predicted octanol–water partition coefficient (Wildman–Crippen LogP) is 2.83. The molecule has 26 heavy (non-hydrogen) atoms. The van der Waals surface area contributed by atoms with Crippen LogP contribution in [-0.4, -0.2) is 38.0 Å². The minimum atomic E-state index is -0.372. The van der Waals surface area contributed by atoms with Gasteiger partial charge in [0.1, 0.15) is 5.70 Å². The maximum Gasteiger partial charge on any atom is 0.277 e. The van der Waals surface area contributed by atoms with Crippen molar-refractivity contribution in [2.24, 2.45) is 0 Å². The lowest BCUT2D eigenvalue weighted by atomic mass is 10.0. The first-order chi connectivity index (χ1) is 12.5. The van der Waals surface area contributed by atoms with Gasteiger partial charge in [0.2, 0.25) is 0 Å². The van der Waals surface area contributed by atoms with Crippen LogP contribution in [0.15, 0.2) is 48.2 Å². The van der Waals surface area contributed by atoms with Gasteiger partial charge in [0.15, 0.2) is 11.5 Å². The highest BCUT2D eigenvalue weighted by Crippen LogP contribution is 2.35. The standard InChI is InChI=1S/C20H20N2O4/c1-12-7-5-6-8-14(12)21-18-17(19(23)22(2)20(18)24)13-9-10-15(25-3)16(11-13)26-4/h5-11,21H,1-4H3. The van der Waals surface area contributed by atoms with Crippen LogP contribution in [0, 0.1) is 6.92 Å². The van der Waals surface area contributed by atoms with Crippen molar-refractivity contribution in [3.05, 3.63) is 59.3 Å². The molecule has 0 aromatic heterocycles. The number of aryl methyl sites for hydroxylation is 1. The Morgan fingerprint density at radius 1 is 0.923 bits per heavy atom. The van der Waals surface area contributed by atoms with Crippen LogP contribution in [0.5, 0.6) is 11.5 Å². The summed E-state index contributed by atoms with van der Waals surface area (Å²) in [5, 5.41) is 3.13. The maximum absolute atomic E-state index is 12.7. The Kier molecular flexibility index (Phi) is 4.67. The molecular formula is C20H20N2O4. The second-order valence-corrected chi connectivity index (χ2v) is 5.93. The van der Waals surface area contributed by atoms with Crippen molar-refractivity contribution in [1.82, 2.24) is 4.90 Å². The number of imide groups is 1. The molecule has 2 amide bonds. The molecule has 0 spiro atoms. The number of ether oxygens (including phenoxy) is 2. The smallest absolute Gasteiger partial charge is 0.277 e. The number of hydrogen-bond acceptors (Lipinski definition) is 5. The molecule has 0 bridgehead atoms. The highest BCUT2D eigenvalue weighted by molar-refractivity contribution is 6.36. The van der Waals surface area contributed by atoms with Crippen LogP contribution in [0.2, 0.25) is 0 Å². The van der Waals surface area contributed by atoms with E-state index in [1.54, 1.807) is 25.3 Å². The monoisotopic (exact) mass is 352 g/mol. The molecule has 0 radical (unpaired) electrons. The minimum Gasteiger partial charge on any atom is -0.493 e. The Labute approximate surface area is 152 Å². The lowest BCUT2D eigenvalue weighted by molar-refractivity contribution is -0.135. The summed E-state index contributed by atoms with van der Waals surface area (Å²) in [6.07, 6.45) is 0. The Balaban J connectivity index is 2.13. The largest absolute Gasteiger partial charge is 0.493 e. The number of anilines is 1. The van der Waals surface area contributed by atoms with E-state index in [1.807, 2.05) is 31.2 Å². The minimum absolute atomic E-state index is 0.249. The van der Waals surface area contributed by atoms with Gasteiger partial charge in [-0.1, -0.05) is 24.3 Å². The summed E-state index contributed by atoms with van der Waals surface area (Å²) < 4.78 is 10.6. The van der Waals surface area contributed by atoms with E-state index in [-0.39, 0.29) is 17.5 Å². The van der Waals surface area contributed by atoms with E-state index in [0.717, 1.165) is 16.2 Å². The van der Waals surface area contributed by atoms with E-state index >= 15 is 0 Å². The Morgan fingerprint density at radius 2 is 1.62 bits per heavy atom. The molecule has 1 aliphatic heterocycles. The fourth-order valence-electron chi connectivity index (χ4n) is 2.86. The molecule has 2 aromatic rings. The third-order valence-electron chi connectivity index (χ3n) is 4.36. The van der Waals surface area contributed by atoms with Crippen LogP contribution in [-0.2, 0) is 9.59 Å². The molecular weight excluding hydrogens is 332 g/mol. The van der Waals surface area contributed by atoms with Crippen molar-refractivity contribution in [3.63, 3.8) is 0 Å². The second-order valence-electron chi connectivity index (χ2n) is 5.93. The van der Waals surface area contributed by atoms with Crippen LogP contribution in [0.25, 0.3) is 5.57 Å². The number of amides is 2. The number of likely N-dealkylation sites (N-methyl/N-ethyl adjacent to an activating group) is 1. The van der Waals surface area contributed by atoms with Crippen LogP contribution in [0.3, 0.4) is 0 Å². The van der Waals surface area contributed by atoms with Gasteiger partial charge < -0.3 is 14.8 Å². The molecule has 0 saturated heterocycles. The number of nitrogens with one attached hydrogen (secondary N) is 1.